The number of furan rings is 1. The van der Waals surface area contributed by atoms with Crippen LogP contribution in [0.5, 0.6) is 0 Å². The van der Waals surface area contributed by atoms with Crippen molar-refractivity contribution in [2.24, 2.45) is 0 Å². The number of aromatic nitrogens is 2. The third-order valence-corrected chi connectivity index (χ3v) is 3.81. The molecule has 86 valence electrons. The average Bonchev–Trinajstić information content (AvgIpc) is 3.04. The predicted molar refractivity (Wildman–Crippen MR) is 72.6 cm³/mol. The molecule has 0 saturated heterocycles. The second kappa shape index (κ2) is 3.65. The Hall–Kier alpha value is -2.20. The number of hydrogen-bond donors (Lipinski definition) is 0. The quantitative estimate of drug-likeness (QED) is 0.512. The van der Waals surface area contributed by atoms with Crippen molar-refractivity contribution in [1.29, 1.82) is 0 Å². The van der Waals surface area contributed by atoms with Crippen molar-refractivity contribution >= 4 is 32.5 Å². The van der Waals surface area contributed by atoms with Gasteiger partial charge in [-0.15, -0.1) is 11.3 Å². The van der Waals surface area contributed by atoms with Gasteiger partial charge in [-0.3, -0.25) is 0 Å². The third kappa shape index (κ3) is 1.36. The van der Waals surface area contributed by atoms with Crippen LogP contribution in [-0.4, -0.2) is 9.97 Å². The van der Waals surface area contributed by atoms with Gasteiger partial charge in [0, 0.05) is 5.39 Å². The van der Waals surface area contributed by atoms with Crippen LogP contribution in [0.15, 0.2) is 52.5 Å². The van der Waals surface area contributed by atoms with E-state index in [-0.39, 0.29) is 0 Å². The van der Waals surface area contributed by atoms with Gasteiger partial charge in [-0.1, -0.05) is 18.2 Å². The normalized spacial score (nSPS) is 11.3. The summed E-state index contributed by atoms with van der Waals surface area (Å²) in [6.07, 6.45) is 1.58. The molecule has 0 aliphatic carbocycles. The summed E-state index contributed by atoms with van der Waals surface area (Å²) in [5.74, 6) is 0.797. The lowest BCUT2D eigenvalue weighted by Gasteiger charge is -1.96. The minimum absolute atomic E-state index is 0.797. The summed E-state index contributed by atoms with van der Waals surface area (Å²) in [4.78, 5) is 8.59. The first-order valence-corrected chi connectivity index (χ1v) is 6.47. The molecule has 0 spiro atoms. The maximum absolute atomic E-state index is 5.85. The van der Waals surface area contributed by atoms with E-state index in [1.807, 2.05) is 41.8 Å². The lowest BCUT2D eigenvalue weighted by Crippen LogP contribution is -1.83. The SMILES string of the molecule is c1ccc2oc(-c3ncnc4ccsc34)cc2c1. The molecule has 0 atom stereocenters. The lowest BCUT2D eigenvalue weighted by atomic mass is 10.2. The number of benzene rings is 1. The molecule has 18 heavy (non-hydrogen) atoms. The largest absolute Gasteiger partial charge is 0.454 e. The van der Waals surface area contributed by atoms with E-state index in [9.17, 15) is 0 Å². The molecule has 0 saturated carbocycles. The summed E-state index contributed by atoms with van der Waals surface area (Å²) >= 11 is 1.63. The first-order valence-electron chi connectivity index (χ1n) is 5.59. The Bertz CT molecular complexity index is 814. The fourth-order valence-electron chi connectivity index (χ4n) is 2.06. The smallest absolute Gasteiger partial charge is 0.155 e. The van der Waals surface area contributed by atoms with Crippen molar-refractivity contribution in [2.75, 3.05) is 0 Å². The Morgan fingerprint density at radius 2 is 2.00 bits per heavy atom. The molecule has 0 unspecified atom stereocenters. The Labute approximate surface area is 107 Å². The Kier molecular flexibility index (Phi) is 1.98. The van der Waals surface area contributed by atoms with E-state index >= 15 is 0 Å². The molecular formula is C14H8N2OS. The third-order valence-electron chi connectivity index (χ3n) is 2.90. The van der Waals surface area contributed by atoms with Crippen LogP contribution in [-0.2, 0) is 0 Å². The summed E-state index contributed by atoms with van der Waals surface area (Å²) in [7, 11) is 0. The molecule has 0 fully saturated rings. The van der Waals surface area contributed by atoms with Crippen LogP contribution < -0.4 is 0 Å². The number of thiophene rings is 1. The summed E-state index contributed by atoms with van der Waals surface area (Å²) < 4.78 is 6.91. The van der Waals surface area contributed by atoms with Crippen molar-refractivity contribution < 1.29 is 4.42 Å². The van der Waals surface area contributed by atoms with Crippen molar-refractivity contribution in [3.8, 4) is 11.5 Å². The number of fused-ring (bicyclic) bond motifs is 2. The second-order valence-corrected chi connectivity index (χ2v) is 4.92. The number of hydrogen-bond acceptors (Lipinski definition) is 4. The molecule has 0 bridgehead atoms. The molecule has 4 rings (SSSR count). The molecule has 1 aromatic carbocycles. The summed E-state index contributed by atoms with van der Waals surface area (Å²) in [5.41, 5.74) is 2.72. The standard InChI is InChI=1S/C14H8N2OS/c1-2-4-11-9(3-1)7-12(17-11)13-14-10(5-6-18-14)15-8-16-13/h1-8H. The van der Waals surface area contributed by atoms with Crippen molar-refractivity contribution in [3.63, 3.8) is 0 Å². The minimum Gasteiger partial charge on any atom is -0.454 e. The van der Waals surface area contributed by atoms with Crippen molar-refractivity contribution in [3.05, 3.63) is 48.1 Å². The Morgan fingerprint density at radius 1 is 1.06 bits per heavy atom. The minimum atomic E-state index is 0.797. The van der Waals surface area contributed by atoms with Gasteiger partial charge in [-0.05, 0) is 23.6 Å². The monoisotopic (exact) mass is 252 g/mol. The van der Waals surface area contributed by atoms with Crippen LogP contribution in [0, 0.1) is 0 Å². The van der Waals surface area contributed by atoms with Crippen molar-refractivity contribution in [2.45, 2.75) is 0 Å². The van der Waals surface area contributed by atoms with E-state index in [1.54, 1.807) is 17.7 Å². The average molecular weight is 252 g/mol. The molecule has 3 heterocycles. The molecule has 4 heteroatoms. The lowest BCUT2D eigenvalue weighted by molar-refractivity contribution is 0.629. The Balaban J connectivity index is 2.04. The van der Waals surface area contributed by atoms with E-state index in [0.29, 0.717) is 0 Å². The van der Waals surface area contributed by atoms with Crippen molar-refractivity contribution in [1.82, 2.24) is 9.97 Å². The van der Waals surface area contributed by atoms with E-state index in [2.05, 4.69) is 9.97 Å². The first kappa shape index (κ1) is 9.79. The highest BCUT2D eigenvalue weighted by atomic mass is 32.1. The molecular weight excluding hydrogens is 244 g/mol. The number of nitrogens with zero attached hydrogens (tertiary/aromatic N) is 2. The van der Waals surface area contributed by atoms with Crippen LogP contribution in [0.3, 0.4) is 0 Å². The molecule has 0 radical (unpaired) electrons. The van der Waals surface area contributed by atoms with E-state index in [1.165, 1.54) is 0 Å². The van der Waals surface area contributed by atoms with Gasteiger partial charge in [-0.25, -0.2) is 9.97 Å². The van der Waals surface area contributed by atoms with Gasteiger partial charge in [0.25, 0.3) is 0 Å². The highest BCUT2D eigenvalue weighted by molar-refractivity contribution is 7.17. The number of para-hydroxylation sites is 1. The fraction of sp³-hybridized carbons (Fsp3) is 0. The predicted octanol–water partition coefficient (Wildman–Crippen LogP) is 4.10. The molecule has 0 aliphatic heterocycles. The first-order chi connectivity index (χ1) is 8.92. The highest BCUT2D eigenvalue weighted by Gasteiger charge is 2.12. The van der Waals surface area contributed by atoms with Crippen LogP contribution in [0.2, 0.25) is 0 Å². The Morgan fingerprint density at radius 3 is 2.94 bits per heavy atom. The molecule has 0 aliphatic rings. The van der Waals surface area contributed by atoms with Crippen LogP contribution in [0.1, 0.15) is 0 Å². The summed E-state index contributed by atoms with van der Waals surface area (Å²) in [6, 6.07) is 12.0. The van der Waals surface area contributed by atoms with E-state index in [0.717, 1.165) is 32.6 Å². The molecule has 3 nitrogen and oxygen atoms in total. The fourth-order valence-corrected chi connectivity index (χ4v) is 2.90. The van der Waals surface area contributed by atoms with Crippen LogP contribution >= 0.6 is 11.3 Å². The zero-order valence-electron chi connectivity index (χ0n) is 9.33. The van der Waals surface area contributed by atoms with Gasteiger partial charge in [0.15, 0.2) is 5.76 Å². The van der Waals surface area contributed by atoms with Gasteiger partial charge in [0.2, 0.25) is 0 Å². The number of rotatable bonds is 1. The van der Waals surface area contributed by atoms with Crippen LogP contribution in [0.4, 0.5) is 0 Å². The molecule has 0 N–H and O–H groups in total. The van der Waals surface area contributed by atoms with Gasteiger partial charge in [0.05, 0.1) is 10.2 Å². The van der Waals surface area contributed by atoms with Gasteiger partial charge < -0.3 is 4.42 Å². The van der Waals surface area contributed by atoms with E-state index < -0.39 is 0 Å². The summed E-state index contributed by atoms with van der Waals surface area (Å²) in [5, 5.41) is 3.11. The molecule has 4 aromatic rings. The zero-order valence-corrected chi connectivity index (χ0v) is 10.1. The second-order valence-electron chi connectivity index (χ2n) is 4.01. The van der Waals surface area contributed by atoms with E-state index in [4.69, 9.17) is 4.42 Å². The maximum Gasteiger partial charge on any atom is 0.155 e. The highest BCUT2D eigenvalue weighted by Crippen LogP contribution is 2.32. The topological polar surface area (TPSA) is 38.9 Å². The zero-order chi connectivity index (χ0) is 11.9. The molecule has 0 amide bonds. The van der Waals surface area contributed by atoms with Gasteiger partial charge >= 0.3 is 0 Å². The van der Waals surface area contributed by atoms with Gasteiger partial charge in [0.1, 0.15) is 17.6 Å². The molecule has 3 aromatic heterocycles. The van der Waals surface area contributed by atoms with Gasteiger partial charge in [-0.2, -0.15) is 0 Å². The van der Waals surface area contributed by atoms with Crippen LogP contribution in [0.25, 0.3) is 32.6 Å². The summed E-state index contributed by atoms with van der Waals surface area (Å²) in [6.45, 7) is 0. The maximum atomic E-state index is 5.85.